The third-order valence-corrected chi connectivity index (χ3v) is 2.60. The van der Waals surface area contributed by atoms with E-state index in [2.05, 4.69) is 11.4 Å². The molecule has 0 aliphatic carbocycles. The van der Waals surface area contributed by atoms with Crippen molar-refractivity contribution in [2.24, 2.45) is 0 Å². The van der Waals surface area contributed by atoms with E-state index in [1.54, 1.807) is 4.90 Å². The van der Waals surface area contributed by atoms with Crippen LogP contribution in [-0.4, -0.2) is 52.9 Å². The van der Waals surface area contributed by atoms with Crippen LogP contribution in [0.15, 0.2) is 11.6 Å². The van der Waals surface area contributed by atoms with E-state index < -0.39 is 12.1 Å². The first kappa shape index (κ1) is 13.5. The number of carbonyl (C=O) groups is 2. The van der Waals surface area contributed by atoms with Gasteiger partial charge in [-0.2, -0.15) is 0 Å². The number of nitrogens with zero attached hydrogens (tertiary/aromatic N) is 1. The average molecular weight is 242 g/mol. The molecule has 6 nitrogen and oxygen atoms in total. The quantitative estimate of drug-likeness (QED) is 0.614. The summed E-state index contributed by atoms with van der Waals surface area (Å²) >= 11 is 0. The molecule has 1 aliphatic rings. The van der Waals surface area contributed by atoms with Crippen LogP contribution >= 0.6 is 0 Å². The minimum atomic E-state index is -1.42. The molecule has 3 N–H and O–H groups in total. The summed E-state index contributed by atoms with van der Waals surface area (Å²) in [6.07, 6.45) is 1.54. The average Bonchev–Trinajstić information content (AvgIpc) is 2.28. The number of carbonyl (C=O) groups excluding carboxylic acids is 1. The van der Waals surface area contributed by atoms with E-state index in [1.165, 1.54) is 0 Å². The zero-order valence-electron chi connectivity index (χ0n) is 9.85. The predicted octanol–water partition coefficient (Wildman–Crippen LogP) is 0.184. The second-order valence-corrected chi connectivity index (χ2v) is 4.14. The van der Waals surface area contributed by atoms with Crippen molar-refractivity contribution in [2.45, 2.75) is 25.9 Å². The highest BCUT2D eigenvalue weighted by atomic mass is 16.4. The summed E-state index contributed by atoms with van der Waals surface area (Å²) in [4.78, 5) is 23.7. The largest absolute Gasteiger partial charge is 0.479 e. The lowest BCUT2D eigenvalue weighted by molar-refractivity contribution is -0.146. The number of carboxylic acids is 1. The fourth-order valence-electron chi connectivity index (χ4n) is 1.64. The normalized spacial score (nSPS) is 17.3. The minimum absolute atomic E-state index is 0.0176. The van der Waals surface area contributed by atoms with Gasteiger partial charge in [-0.3, -0.25) is 0 Å². The molecule has 0 spiro atoms. The molecule has 0 saturated carbocycles. The highest BCUT2D eigenvalue weighted by molar-refractivity contribution is 5.75. The maximum absolute atomic E-state index is 11.7. The van der Waals surface area contributed by atoms with Gasteiger partial charge in [0.1, 0.15) is 0 Å². The zero-order chi connectivity index (χ0) is 12.8. The lowest BCUT2D eigenvalue weighted by atomic mass is 10.1. The van der Waals surface area contributed by atoms with Crippen molar-refractivity contribution in [3.8, 4) is 0 Å². The summed E-state index contributed by atoms with van der Waals surface area (Å²) in [6.45, 7) is 3.40. The molecule has 0 saturated heterocycles. The summed E-state index contributed by atoms with van der Waals surface area (Å²) < 4.78 is 0. The summed E-state index contributed by atoms with van der Waals surface area (Å²) in [6, 6.07) is -0.213. The maximum Gasteiger partial charge on any atom is 0.332 e. The van der Waals surface area contributed by atoms with Gasteiger partial charge in [0.2, 0.25) is 0 Å². The molecule has 1 atom stereocenters. The Morgan fingerprint density at radius 3 is 2.88 bits per heavy atom. The Morgan fingerprint density at radius 1 is 1.59 bits per heavy atom. The van der Waals surface area contributed by atoms with Gasteiger partial charge in [-0.25, -0.2) is 9.59 Å². The van der Waals surface area contributed by atoms with Gasteiger partial charge in [0.25, 0.3) is 0 Å². The van der Waals surface area contributed by atoms with Crippen LogP contribution < -0.4 is 5.32 Å². The van der Waals surface area contributed by atoms with E-state index in [0.717, 1.165) is 12.0 Å². The molecule has 2 amide bonds. The van der Waals surface area contributed by atoms with Crippen LogP contribution in [0.2, 0.25) is 0 Å². The standard InChI is InChI=1S/C11H18N2O4/c1-8-3-2-6-13(7-8)11(17)12-5-4-9(14)10(15)16/h3,9,14H,2,4-7H2,1H3,(H,12,17)(H,15,16). The SMILES string of the molecule is CC1=CCCN(C(=O)NCCC(O)C(=O)O)C1. The highest BCUT2D eigenvalue weighted by Gasteiger charge is 2.17. The molecular weight excluding hydrogens is 224 g/mol. The van der Waals surface area contributed by atoms with Gasteiger partial charge in [-0.05, 0) is 13.3 Å². The Labute approximate surface area is 99.9 Å². The molecule has 0 radical (unpaired) electrons. The number of hydrogen-bond donors (Lipinski definition) is 3. The van der Waals surface area contributed by atoms with Crippen molar-refractivity contribution in [3.63, 3.8) is 0 Å². The predicted molar refractivity (Wildman–Crippen MR) is 61.6 cm³/mol. The molecule has 1 rings (SSSR count). The first-order chi connectivity index (χ1) is 8.00. The van der Waals surface area contributed by atoms with Crippen molar-refractivity contribution >= 4 is 12.0 Å². The summed E-state index contributed by atoms with van der Waals surface area (Å²) in [5.74, 6) is -1.27. The molecule has 1 heterocycles. The number of aliphatic carboxylic acids is 1. The summed E-state index contributed by atoms with van der Waals surface area (Å²) in [5.41, 5.74) is 1.15. The minimum Gasteiger partial charge on any atom is -0.479 e. The lowest BCUT2D eigenvalue weighted by Crippen LogP contribution is -2.43. The van der Waals surface area contributed by atoms with Gasteiger partial charge in [0.15, 0.2) is 6.10 Å². The molecule has 0 aromatic rings. The van der Waals surface area contributed by atoms with Crippen molar-refractivity contribution in [3.05, 3.63) is 11.6 Å². The van der Waals surface area contributed by atoms with E-state index in [0.29, 0.717) is 13.1 Å². The van der Waals surface area contributed by atoms with Gasteiger partial charge >= 0.3 is 12.0 Å². The highest BCUT2D eigenvalue weighted by Crippen LogP contribution is 2.08. The van der Waals surface area contributed by atoms with E-state index in [4.69, 9.17) is 10.2 Å². The monoisotopic (exact) mass is 242 g/mol. The van der Waals surface area contributed by atoms with Crippen molar-refractivity contribution in [2.75, 3.05) is 19.6 Å². The van der Waals surface area contributed by atoms with Crippen LogP contribution in [0.1, 0.15) is 19.8 Å². The molecule has 96 valence electrons. The van der Waals surface area contributed by atoms with Gasteiger partial charge in [0, 0.05) is 26.1 Å². The fourth-order valence-corrected chi connectivity index (χ4v) is 1.64. The van der Waals surface area contributed by atoms with Crippen molar-refractivity contribution in [1.82, 2.24) is 10.2 Å². The van der Waals surface area contributed by atoms with Gasteiger partial charge < -0.3 is 20.4 Å². The molecule has 1 unspecified atom stereocenters. The molecule has 17 heavy (non-hydrogen) atoms. The Hall–Kier alpha value is -1.56. The van der Waals surface area contributed by atoms with E-state index in [9.17, 15) is 9.59 Å². The maximum atomic E-state index is 11.7. The molecule has 0 aromatic heterocycles. The summed E-state index contributed by atoms with van der Waals surface area (Å²) in [5, 5.41) is 20.1. The van der Waals surface area contributed by atoms with E-state index >= 15 is 0 Å². The molecular formula is C11H18N2O4. The van der Waals surface area contributed by atoms with Crippen molar-refractivity contribution < 1.29 is 19.8 Å². The number of hydrogen-bond acceptors (Lipinski definition) is 3. The van der Waals surface area contributed by atoms with Crippen LogP contribution in [0.5, 0.6) is 0 Å². The first-order valence-electron chi connectivity index (χ1n) is 5.60. The van der Waals surface area contributed by atoms with Crippen LogP contribution in [0.3, 0.4) is 0 Å². The number of amides is 2. The molecule has 1 aliphatic heterocycles. The smallest absolute Gasteiger partial charge is 0.332 e. The second-order valence-electron chi connectivity index (χ2n) is 4.14. The fraction of sp³-hybridized carbons (Fsp3) is 0.636. The Morgan fingerprint density at radius 2 is 2.29 bits per heavy atom. The third kappa shape index (κ3) is 4.44. The number of aliphatic hydroxyl groups excluding tert-OH is 1. The first-order valence-corrected chi connectivity index (χ1v) is 5.60. The molecule has 6 heteroatoms. The van der Waals surface area contributed by atoms with Gasteiger partial charge in [-0.1, -0.05) is 11.6 Å². The number of aliphatic hydroxyl groups is 1. The molecule has 0 fully saturated rings. The topological polar surface area (TPSA) is 89.9 Å². The number of carboxylic acid groups (broad SMARTS) is 1. The van der Waals surface area contributed by atoms with E-state index in [1.807, 2.05) is 6.92 Å². The molecule has 0 aromatic carbocycles. The van der Waals surface area contributed by atoms with E-state index in [-0.39, 0.29) is 19.0 Å². The zero-order valence-corrected chi connectivity index (χ0v) is 9.85. The van der Waals surface area contributed by atoms with Gasteiger partial charge in [0.05, 0.1) is 0 Å². The number of rotatable bonds is 4. The number of nitrogens with one attached hydrogen (secondary N) is 1. The summed E-state index contributed by atoms with van der Waals surface area (Å²) in [7, 11) is 0. The van der Waals surface area contributed by atoms with Crippen LogP contribution in [0.4, 0.5) is 4.79 Å². The Kier molecular flexibility index (Phi) is 4.96. The van der Waals surface area contributed by atoms with Crippen molar-refractivity contribution in [1.29, 1.82) is 0 Å². The van der Waals surface area contributed by atoms with Crippen LogP contribution in [-0.2, 0) is 4.79 Å². The third-order valence-electron chi connectivity index (χ3n) is 2.60. The Bertz CT molecular complexity index is 327. The number of urea groups is 1. The molecule has 0 bridgehead atoms. The lowest BCUT2D eigenvalue weighted by Gasteiger charge is -2.26. The van der Waals surface area contributed by atoms with Crippen LogP contribution in [0.25, 0.3) is 0 Å². The van der Waals surface area contributed by atoms with Gasteiger partial charge in [-0.15, -0.1) is 0 Å². The van der Waals surface area contributed by atoms with Crippen LogP contribution in [0, 0.1) is 0 Å². The second kappa shape index (κ2) is 6.24. The Balaban J connectivity index is 2.26.